The summed E-state index contributed by atoms with van der Waals surface area (Å²) < 4.78 is 14.8. The minimum absolute atomic E-state index is 0.0357. The molecule has 0 radical (unpaired) electrons. The Kier molecular flexibility index (Phi) is 5.44. The second-order valence-electron chi connectivity index (χ2n) is 9.26. The summed E-state index contributed by atoms with van der Waals surface area (Å²) in [6.45, 7) is 8.36. The molecule has 0 saturated carbocycles. The van der Waals surface area contributed by atoms with E-state index in [0.29, 0.717) is 17.5 Å². The molecular weight excluding hydrogens is 399 g/mol. The van der Waals surface area contributed by atoms with Crippen molar-refractivity contribution in [2.45, 2.75) is 32.4 Å². The van der Waals surface area contributed by atoms with E-state index in [2.05, 4.69) is 66.1 Å². The van der Waals surface area contributed by atoms with Gasteiger partial charge in [0.15, 0.2) is 5.78 Å². The van der Waals surface area contributed by atoms with Crippen molar-refractivity contribution in [3.63, 3.8) is 0 Å². The molecule has 0 bridgehead atoms. The summed E-state index contributed by atoms with van der Waals surface area (Å²) in [7, 11) is 0. The average Bonchev–Trinajstić information content (AvgIpc) is 3.09. The number of halogens is 1. The minimum atomic E-state index is -0.833. The van der Waals surface area contributed by atoms with Gasteiger partial charge in [0.25, 0.3) is 0 Å². The van der Waals surface area contributed by atoms with E-state index < -0.39 is 5.54 Å². The fourth-order valence-electron chi connectivity index (χ4n) is 5.52. The summed E-state index contributed by atoms with van der Waals surface area (Å²) in [5.74, 6) is -0.238. The van der Waals surface area contributed by atoms with Gasteiger partial charge in [-0.15, -0.1) is 0 Å². The summed E-state index contributed by atoms with van der Waals surface area (Å²) in [4.78, 5) is 18.7. The number of aryl methyl sites for hydroxylation is 2. The first-order chi connectivity index (χ1) is 15.5. The first kappa shape index (κ1) is 21.0. The van der Waals surface area contributed by atoms with E-state index in [1.165, 1.54) is 11.6 Å². The molecule has 0 aromatic heterocycles. The van der Waals surface area contributed by atoms with Gasteiger partial charge in [-0.2, -0.15) is 0 Å². The van der Waals surface area contributed by atoms with Gasteiger partial charge < -0.3 is 0 Å². The molecule has 0 spiro atoms. The highest BCUT2D eigenvalue weighted by molar-refractivity contribution is 6.08. The molecule has 1 atom stereocenters. The summed E-state index contributed by atoms with van der Waals surface area (Å²) >= 11 is 0. The lowest BCUT2D eigenvalue weighted by molar-refractivity contribution is 0.0286. The van der Waals surface area contributed by atoms with Crippen LogP contribution in [-0.4, -0.2) is 41.8 Å². The molecule has 1 aliphatic carbocycles. The maximum Gasteiger partial charge on any atom is 0.188 e. The highest BCUT2D eigenvalue weighted by Crippen LogP contribution is 2.44. The molecule has 1 heterocycles. The molecule has 0 amide bonds. The average molecular weight is 429 g/mol. The van der Waals surface area contributed by atoms with Gasteiger partial charge in [0.05, 0.1) is 0 Å². The summed E-state index contributed by atoms with van der Waals surface area (Å²) in [5, 5.41) is 0. The van der Waals surface area contributed by atoms with Crippen molar-refractivity contribution >= 4 is 5.78 Å². The van der Waals surface area contributed by atoms with Crippen LogP contribution in [-0.2, 0) is 18.5 Å². The van der Waals surface area contributed by atoms with Crippen LogP contribution in [0.2, 0.25) is 0 Å². The molecule has 1 unspecified atom stereocenters. The Labute approximate surface area is 189 Å². The number of carbonyl (C=O) groups is 1. The van der Waals surface area contributed by atoms with Gasteiger partial charge in [0.2, 0.25) is 0 Å². The number of ketones is 1. The lowest BCUT2D eigenvalue weighted by Crippen LogP contribution is -2.58. The molecule has 2 aliphatic rings. The van der Waals surface area contributed by atoms with E-state index in [1.807, 2.05) is 6.07 Å². The van der Waals surface area contributed by atoms with Crippen molar-refractivity contribution in [1.82, 2.24) is 9.80 Å². The number of hydrogen-bond donors (Lipinski definition) is 0. The van der Waals surface area contributed by atoms with Gasteiger partial charge in [-0.25, -0.2) is 4.39 Å². The third kappa shape index (κ3) is 3.58. The second-order valence-corrected chi connectivity index (χ2v) is 9.26. The standard InChI is InChI=1S/C28H29FN2O/c1-20-15-21(2)17-23(16-20)28(18-25-24(27(28)32)9-6-10-26(25)29)31-13-11-30(12-14-31)19-22-7-4-3-5-8-22/h3-10,15-17H,11-14,18-19H2,1-2H3. The number of nitrogens with zero attached hydrogens (tertiary/aromatic N) is 2. The maximum absolute atomic E-state index is 14.8. The molecule has 164 valence electrons. The third-order valence-electron chi connectivity index (χ3n) is 7.03. The van der Waals surface area contributed by atoms with Gasteiger partial charge in [-0.05, 0) is 31.0 Å². The van der Waals surface area contributed by atoms with Gasteiger partial charge in [-0.3, -0.25) is 14.6 Å². The Bertz CT molecular complexity index is 1130. The molecule has 3 nitrogen and oxygen atoms in total. The number of piperazine rings is 1. The van der Waals surface area contributed by atoms with E-state index in [4.69, 9.17) is 0 Å². The smallest absolute Gasteiger partial charge is 0.188 e. The first-order valence-electron chi connectivity index (χ1n) is 11.4. The van der Waals surface area contributed by atoms with Crippen LogP contribution in [0.4, 0.5) is 4.39 Å². The quantitative estimate of drug-likeness (QED) is 0.591. The molecule has 1 saturated heterocycles. The normalized spacial score (nSPS) is 21.7. The van der Waals surface area contributed by atoms with E-state index in [1.54, 1.807) is 12.1 Å². The molecule has 32 heavy (non-hydrogen) atoms. The second kappa shape index (κ2) is 8.27. The number of hydrogen-bond acceptors (Lipinski definition) is 3. The molecule has 3 aromatic carbocycles. The van der Waals surface area contributed by atoms with Crippen LogP contribution < -0.4 is 0 Å². The Morgan fingerprint density at radius 2 is 1.56 bits per heavy atom. The molecule has 4 heteroatoms. The SMILES string of the molecule is Cc1cc(C)cc(C2(N3CCN(Cc4ccccc4)CC3)Cc3c(F)cccc3C2=O)c1. The number of rotatable bonds is 4. The monoisotopic (exact) mass is 428 g/mol. The fraction of sp³-hybridized carbons (Fsp3) is 0.321. The van der Waals surface area contributed by atoms with Crippen LogP contribution in [0.15, 0.2) is 66.7 Å². The predicted octanol–water partition coefficient (Wildman–Crippen LogP) is 4.89. The van der Waals surface area contributed by atoms with Crippen molar-refractivity contribution in [3.8, 4) is 0 Å². The molecule has 3 aromatic rings. The van der Waals surface area contributed by atoms with E-state index >= 15 is 0 Å². The zero-order valence-corrected chi connectivity index (χ0v) is 18.8. The van der Waals surface area contributed by atoms with E-state index in [9.17, 15) is 9.18 Å². The maximum atomic E-state index is 14.8. The highest BCUT2D eigenvalue weighted by Gasteiger charge is 2.52. The summed E-state index contributed by atoms with van der Waals surface area (Å²) in [5.41, 5.74) is 4.82. The Balaban J connectivity index is 1.48. The van der Waals surface area contributed by atoms with E-state index in [-0.39, 0.29) is 11.6 Å². The molecule has 1 aliphatic heterocycles. The van der Waals surface area contributed by atoms with Crippen molar-refractivity contribution in [3.05, 3.63) is 106 Å². The minimum Gasteiger partial charge on any atom is -0.297 e. The Hall–Kier alpha value is -2.82. The predicted molar refractivity (Wildman–Crippen MR) is 125 cm³/mol. The third-order valence-corrected chi connectivity index (χ3v) is 7.03. The summed E-state index contributed by atoms with van der Waals surface area (Å²) in [6, 6.07) is 21.8. The van der Waals surface area contributed by atoms with Gasteiger partial charge in [0, 0.05) is 50.3 Å². The van der Waals surface area contributed by atoms with Crippen LogP contribution in [0.3, 0.4) is 0 Å². The molecule has 5 rings (SSSR count). The molecular formula is C28H29FN2O. The van der Waals surface area contributed by atoms with Gasteiger partial charge in [0.1, 0.15) is 11.4 Å². The zero-order valence-electron chi connectivity index (χ0n) is 18.8. The van der Waals surface area contributed by atoms with Crippen molar-refractivity contribution in [2.24, 2.45) is 0 Å². The summed E-state index contributed by atoms with van der Waals surface area (Å²) in [6.07, 6.45) is 0.398. The number of fused-ring (bicyclic) bond motifs is 1. The molecule has 1 fully saturated rings. The number of carbonyl (C=O) groups excluding carboxylic acids is 1. The zero-order chi connectivity index (χ0) is 22.3. The number of benzene rings is 3. The lowest BCUT2D eigenvalue weighted by atomic mass is 9.82. The first-order valence-corrected chi connectivity index (χ1v) is 11.4. The van der Waals surface area contributed by atoms with Crippen molar-refractivity contribution < 1.29 is 9.18 Å². The number of Topliss-reactive ketones (excluding diaryl/α,β-unsaturated/α-hetero) is 1. The lowest BCUT2D eigenvalue weighted by Gasteiger charge is -2.45. The van der Waals surface area contributed by atoms with Crippen LogP contribution in [0.1, 0.15) is 38.2 Å². The van der Waals surface area contributed by atoms with Crippen LogP contribution >= 0.6 is 0 Å². The van der Waals surface area contributed by atoms with Crippen molar-refractivity contribution in [2.75, 3.05) is 26.2 Å². The van der Waals surface area contributed by atoms with Gasteiger partial charge in [-0.1, -0.05) is 71.8 Å². The highest BCUT2D eigenvalue weighted by atomic mass is 19.1. The van der Waals surface area contributed by atoms with Gasteiger partial charge >= 0.3 is 0 Å². The Morgan fingerprint density at radius 1 is 0.875 bits per heavy atom. The Morgan fingerprint density at radius 3 is 2.22 bits per heavy atom. The molecule has 0 N–H and O–H groups in total. The van der Waals surface area contributed by atoms with Crippen LogP contribution in [0.25, 0.3) is 0 Å². The van der Waals surface area contributed by atoms with E-state index in [0.717, 1.165) is 49.4 Å². The topological polar surface area (TPSA) is 23.6 Å². The van der Waals surface area contributed by atoms with Crippen LogP contribution in [0.5, 0.6) is 0 Å². The van der Waals surface area contributed by atoms with Crippen molar-refractivity contribution in [1.29, 1.82) is 0 Å². The fourth-order valence-corrected chi connectivity index (χ4v) is 5.52. The van der Waals surface area contributed by atoms with Crippen LogP contribution in [0, 0.1) is 19.7 Å². The largest absolute Gasteiger partial charge is 0.297 e.